The largest absolute Gasteiger partial charge is 0.352 e. The molecule has 2 amide bonds. The van der Waals surface area contributed by atoms with Crippen LogP contribution in [0, 0.1) is 0 Å². The van der Waals surface area contributed by atoms with Gasteiger partial charge in [0, 0.05) is 63.0 Å². The van der Waals surface area contributed by atoms with Gasteiger partial charge in [-0.15, -0.1) is 0 Å². The summed E-state index contributed by atoms with van der Waals surface area (Å²) in [6, 6.07) is 17.8. The molecule has 0 atom stereocenters. The van der Waals surface area contributed by atoms with Gasteiger partial charge in [-0.3, -0.25) is 9.59 Å². The number of rotatable bonds is 6. The summed E-state index contributed by atoms with van der Waals surface area (Å²) in [5, 5.41) is 4.16. The lowest BCUT2D eigenvalue weighted by atomic mass is 10.1. The van der Waals surface area contributed by atoms with E-state index in [0.29, 0.717) is 25.1 Å². The second-order valence-corrected chi connectivity index (χ2v) is 7.89. The van der Waals surface area contributed by atoms with Crippen LogP contribution in [0.25, 0.3) is 10.9 Å². The van der Waals surface area contributed by atoms with Crippen molar-refractivity contribution in [1.29, 1.82) is 0 Å². The zero-order valence-electron chi connectivity index (χ0n) is 17.4. The number of likely N-dealkylation sites (N-methyl/N-ethyl adjacent to an activating group) is 1. The molecule has 1 aliphatic heterocycles. The van der Waals surface area contributed by atoms with E-state index >= 15 is 0 Å². The number of amides is 2. The highest BCUT2D eigenvalue weighted by Crippen LogP contribution is 2.15. The molecule has 1 saturated heterocycles. The third-order valence-corrected chi connectivity index (χ3v) is 5.74. The predicted molar refractivity (Wildman–Crippen MR) is 118 cm³/mol. The van der Waals surface area contributed by atoms with Crippen molar-refractivity contribution in [2.24, 2.45) is 0 Å². The summed E-state index contributed by atoms with van der Waals surface area (Å²) in [5.41, 5.74) is 2.84. The molecule has 6 heteroatoms. The number of hydrogen-bond acceptors (Lipinski definition) is 3. The molecule has 3 aromatic rings. The number of aromatic nitrogens is 1. The van der Waals surface area contributed by atoms with Crippen molar-refractivity contribution in [2.45, 2.75) is 19.5 Å². The summed E-state index contributed by atoms with van der Waals surface area (Å²) in [6.07, 6.45) is 2.45. The minimum Gasteiger partial charge on any atom is -0.352 e. The highest BCUT2D eigenvalue weighted by molar-refractivity contribution is 5.94. The number of nitrogens with one attached hydrogen (secondary N) is 1. The topological polar surface area (TPSA) is 57.6 Å². The Morgan fingerprint density at radius 1 is 0.933 bits per heavy atom. The van der Waals surface area contributed by atoms with Crippen LogP contribution < -0.4 is 5.32 Å². The number of para-hydroxylation sites is 1. The van der Waals surface area contributed by atoms with E-state index in [-0.39, 0.29) is 11.8 Å². The molecule has 1 aliphatic rings. The molecule has 1 fully saturated rings. The van der Waals surface area contributed by atoms with Gasteiger partial charge < -0.3 is 19.7 Å². The third-order valence-electron chi connectivity index (χ3n) is 5.74. The second kappa shape index (κ2) is 9.13. The molecule has 0 saturated carbocycles. The Hall–Kier alpha value is -3.12. The molecule has 0 radical (unpaired) electrons. The summed E-state index contributed by atoms with van der Waals surface area (Å²) in [7, 11) is 2.08. The van der Waals surface area contributed by atoms with Crippen LogP contribution in [0.2, 0.25) is 0 Å². The molecular formula is C24H28N4O2. The van der Waals surface area contributed by atoms with E-state index in [4.69, 9.17) is 0 Å². The quantitative estimate of drug-likeness (QED) is 0.687. The lowest BCUT2D eigenvalue weighted by Crippen LogP contribution is -2.47. The lowest BCUT2D eigenvalue weighted by molar-refractivity contribution is -0.121. The van der Waals surface area contributed by atoms with Crippen molar-refractivity contribution in [2.75, 3.05) is 33.2 Å². The van der Waals surface area contributed by atoms with Gasteiger partial charge >= 0.3 is 0 Å². The Kier molecular flexibility index (Phi) is 6.14. The van der Waals surface area contributed by atoms with E-state index in [1.807, 2.05) is 47.5 Å². The van der Waals surface area contributed by atoms with E-state index in [0.717, 1.165) is 37.3 Å². The molecule has 1 N–H and O–H groups in total. The first kappa shape index (κ1) is 20.2. The van der Waals surface area contributed by atoms with Crippen LogP contribution in [0.3, 0.4) is 0 Å². The van der Waals surface area contributed by atoms with Crippen LogP contribution in [0.4, 0.5) is 0 Å². The van der Waals surface area contributed by atoms with Crippen LogP contribution >= 0.6 is 0 Å². The van der Waals surface area contributed by atoms with Gasteiger partial charge in [0.1, 0.15) is 0 Å². The summed E-state index contributed by atoms with van der Waals surface area (Å²) in [5.74, 6) is 0.100. The van der Waals surface area contributed by atoms with Crippen molar-refractivity contribution in [3.05, 3.63) is 71.9 Å². The van der Waals surface area contributed by atoms with Crippen LogP contribution in [-0.4, -0.2) is 59.4 Å². The van der Waals surface area contributed by atoms with Crippen molar-refractivity contribution in [3.8, 4) is 0 Å². The van der Waals surface area contributed by atoms with E-state index in [1.165, 1.54) is 5.39 Å². The van der Waals surface area contributed by atoms with Gasteiger partial charge in [0.25, 0.3) is 5.91 Å². The second-order valence-electron chi connectivity index (χ2n) is 7.89. The first-order chi connectivity index (χ1) is 14.6. The summed E-state index contributed by atoms with van der Waals surface area (Å²) in [6.45, 7) is 4.48. The Morgan fingerprint density at radius 2 is 1.67 bits per heavy atom. The number of benzene rings is 2. The van der Waals surface area contributed by atoms with Crippen molar-refractivity contribution >= 4 is 22.7 Å². The van der Waals surface area contributed by atoms with Gasteiger partial charge in [0.15, 0.2) is 0 Å². The molecule has 0 spiro atoms. The maximum absolute atomic E-state index is 12.6. The van der Waals surface area contributed by atoms with Gasteiger partial charge in [-0.1, -0.05) is 30.3 Å². The Labute approximate surface area is 177 Å². The Bertz CT molecular complexity index is 1020. The first-order valence-corrected chi connectivity index (χ1v) is 10.5. The highest BCUT2D eigenvalue weighted by Gasteiger charge is 2.20. The monoisotopic (exact) mass is 404 g/mol. The molecule has 30 heavy (non-hydrogen) atoms. The fourth-order valence-corrected chi connectivity index (χ4v) is 3.80. The SMILES string of the molecule is CN1CCN(C(=O)c2ccc(CNC(=O)CCn3ccc4ccccc43)cc2)CC1. The molecular weight excluding hydrogens is 376 g/mol. The molecule has 2 aromatic carbocycles. The number of nitrogens with zero attached hydrogens (tertiary/aromatic N) is 3. The zero-order chi connectivity index (χ0) is 20.9. The minimum absolute atomic E-state index is 0.0189. The van der Waals surface area contributed by atoms with Gasteiger partial charge in [-0.05, 0) is 42.3 Å². The fraction of sp³-hybridized carbons (Fsp3) is 0.333. The summed E-state index contributed by atoms with van der Waals surface area (Å²) < 4.78 is 2.10. The minimum atomic E-state index is 0.0189. The van der Waals surface area contributed by atoms with Gasteiger partial charge in [-0.2, -0.15) is 0 Å². The molecule has 1 aromatic heterocycles. The Balaban J connectivity index is 1.25. The van der Waals surface area contributed by atoms with E-state index in [1.54, 1.807) is 0 Å². The Morgan fingerprint density at radius 3 is 2.43 bits per heavy atom. The van der Waals surface area contributed by atoms with Crippen molar-refractivity contribution in [3.63, 3.8) is 0 Å². The maximum atomic E-state index is 12.6. The number of carbonyl (C=O) groups excluding carboxylic acids is 2. The van der Waals surface area contributed by atoms with Crippen LogP contribution in [0.1, 0.15) is 22.3 Å². The van der Waals surface area contributed by atoms with Crippen LogP contribution in [0.15, 0.2) is 60.8 Å². The lowest BCUT2D eigenvalue weighted by Gasteiger charge is -2.32. The molecule has 4 rings (SSSR count). The van der Waals surface area contributed by atoms with E-state index < -0.39 is 0 Å². The molecule has 6 nitrogen and oxygen atoms in total. The maximum Gasteiger partial charge on any atom is 0.253 e. The number of piperazine rings is 1. The average Bonchev–Trinajstić information content (AvgIpc) is 3.20. The summed E-state index contributed by atoms with van der Waals surface area (Å²) >= 11 is 0. The van der Waals surface area contributed by atoms with Crippen molar-refractivity contribution in [1.82, 2.24) is 19.7 Å². The number of carbonyl (C=O) groups is 2. The smallest absolute Gasteiger partial charge is 0.253 e. The molecule has 2 heterocycles. The molecule has 0 unspecified atom stereocenters. The standard InChI is InChI=1S/C24H28N4O2/c1-26-14-16-28(17-15-26)24(30)21-8-6-19(7-9-21)18-25-23(29)11-13-27-12-10-20-4-2-3-5-22(20)27/h2-10,12H,11,13-18H2,1H3,(H,25,29). The molecule has 0 aliphatic carbocycles. The van der Waals surface area contributed by atoms with E-state index in [2.05, 4.69) is 40.0 Å². The molecule has 0 bridgehead atoms. The van der Waals surface area contributed by atoms with Gasteiger partial charge in [-0.25, -0.2) is 0 Å². The van der Waals surface area contributed by atoms with Crippen molar-refractivity contribution < 1.29 is 9.59 Å². The van der Waals surface area contributed by atoms with Gasteiger partial charge in [0.2, 0.25) is 5.91 Å². The summed E-state index contributed by atoms with van der Waals surface area (Å²) in [4.78, 5) is 29.0. The number of aryl methyl sites for hydroxylation is 1. The average molecular weight is 405 g/mol. The third kappa shape index (κ3) is 4.71. The van der Waals surface area contributed by atoms with Crippen LogP contribution in [0.5, 0.6) is 0 Å². The fourth-order valence-electron chi connectivity index (χ4n) is 3.80. The molecule has 156 valence electrons. The number of fused-ring (bicyclic) bond motifs is 1. The zero-order valence-corrected chi connectivity index (χ0v) is 17.4. The highest BCUT2D eigenvalue weighted by atomic mass is 16.2. The normalized spacial score (nSPS) is 14.8. The predicted octanol–water partition coefficient (Wildman–Crippen LogP) is 2.74. The number of hydrogen-bond donors (Lipinski definition) is 1. The van der Waals surface area contributed by atoms with Gasteiger partial charge in [0.05, 0.1) is 0 Å². The first-order valence-electron chi connectivity index (χ1n) is 10.5. The van der Waals surface area contributed by atoms with E-state index in [9.17, 15) is 9.59 Å². The van der Waals surface area contributed by atoms with Crippen LogP contribution in [-0.2, 0) is 17.9 Å².